The number of anilines is 2. The highest BCUT2D eigenvalue weighted by Crippen LogP contribution is 2.39. The molecule has 6 N–H and O–H groups in total. The van der Waals surface area contributed by atoms with Crippen molar-refractivity contribution in [1.29, 1.82) is 0 Å². The number of hydrogen-bond acceptors (Lipinski definition) is 6. The summed E-state index contributed by atoms with van der Waals surface area (Å²) in [7, 11) is 1.50. The first-order valence-electron chi connectivity index (χ1n) is 6.32. The normalized spacial score (nSPS) is 18.9. The molecule has 1 unspecified atom stereocenters. The van der Waals surface area contributed by atoms with Gasteiger partial charge in [-0.05, 0) is 12.8 Å². The fourth-order valence-corrected chi connectivity index (χ4v) is 3.52. The number of nitrogen functional groups attached to an aromatic ring is 1. The number of amides is 2. The van der Waals surface area contributed by atoms with Crippen molar-refractivity contribution in [1.82, 2.24) is 5.32 Å². The van der Waals surface area contributed by atoms with Gasteiger partial charge in [0.2, 0.25) is 0 Å². The Labute approximate surface area is 120 Å². The van der Waals surface area contributed by atoms with Crippen molar-refractivity contribution in [3.05, 3.63) is 10.4 Å². The number of aliphatic hydroxyl groups excluding tert-OH is 1. The summed E-state index contributed by atoms with van der Waals surface area (Å²) in [5.74, 6) is -1.01. The molecule has 2 rings (SSSR count). The second kappa shape index (κ2) is 5.68. The molecule has 1 aliphatic heterocycles. The van der Waals surface area contributed by atoms with Crippen LogP contribution >= 0.6 is 11.3 Å². The number of carbonyl (C=O) groups excluding carboxylic acids is 2. The van der Waals surface area contributed by atoms with Crippen molar-refractivity contribution < 1.29 is 14.7 Å². The van der Waals surface area contributed by atoms with Gasteiger partial charge < -0.3 is 26.8 Å². The van der Waals surface area contributed by atoms with Crippen LogP contribution in [0.4, 0.5) is 10.7 Å². The van der Waals surface area contributed by atoms with E-state index in [0.29, 0.717) is 18.1 Å². The molecule has 7 nitrogen and oxygen atoms in total. The van der Waals surface area contributed by atoms with Crippen LogP contribution in [0.25, 0.3) is 0 Å². The molecule has 2 heterocycles. The van der Waals surface area contributed by atoms with Crippen LogP contribution in [0.3, 0.4) is 0 Å². The van der Waals surface area contributed by atoms with Crippen LogP contribution in [-0.4, -0.2) is 43.2 Å². The van der Waals surface area contributed by atoms with Crippen molar-refractivity contribution in [2.75, 3.05) is 30.8 Å². The number of hydrogen-bond donors (Lipinski definition) is 4. The molecule has 0 saturated carbocycles. The van der Waals surface area contributed by atoms with E-state index in [2.05, 4.69) is 5.32 Å². The number of primary amides is 1. The van der Waals surface area contributed by atoms with Gasteiger partial charge in [0, 0.05) is 20.1 Å². The lowest BCUT2D eigenvalue weighted by atomic mass is 10.1. The summed E-state index contributed by atoms with van der Waals surface area (Å²) < 4.78 is 0. The molecule has 1 saturated heterocycles. The molecule has 1 fully saturated rings. The van der Waals surface area contributed by atoms with Gasteiger partial charge >= 0.3 is 0 Å². The quantitative estimate of drug-likeness (QED) is 0.613. The summed E-state index contributed by atoms with van der Waals surface area (Å²) in [6.45, 7) is 1.11. The van der Waals surface area contributed by atoms with E-state index in [-0.39, 0.29) is 22.0 Å². The molecule has 1 aliphatic rings. The highest BCUT2D eigenvalue weighted by atomic mass is 32.1. The number of nitrogens with one attached hydrogen (secondary N) is 1. The summed E-state index contributed by atoms with van der Waals surface area (Å²) in [6.07, 6.45) is 1.09. The van der Waals surface area contributed by atoms with Crippen LogP contribution in [0.2, 0.25) is 0 Å². The first kappa shape index (κ1) is 14.6. The summed E-state index contributed by atoms with van der Waals surface area (Å²) in [5, 5.41) is 12.8. The van der Waals surface area contributed by atoms with Gasteiger partial charge in [-0.1, -0.05) is 0 Å². The van der Waals surface area contributed by atoms with E-state index in [9.17, 15) is 14.7 Å². The largest absolute Gasteiger partial charge is 0.397 e. The van der Waals surface area contributed by atoms with Crippen LogP contribution in [0.15, 0.2) is 0 Å². The van der Waals surface area contributed by atoms with E-state index in [0.717, 1.165) is 24.2 Å². The standard InChI is InChI=1S/C12H18N4O3S/c1-15-11(19)9-8(13)7(10(14)18)12(20-9)16-4-2-3-6(17)5-16/h6,17H,2-5,13H2,1H3,(H2,14,18)(H,15,19). The second-order valence-electron chi connectivity index (χ2n) is 4.71. The maximum atomic E-state index is 11.8. The zero-order valence-electron chi connectivity index (χ0n) is 11.2. The lowest BCUT2D eigenvalue weighted by Crippen LogP contribution is -2.38. The number of β-amino-alcohol motifs (C(OH)–C–C–N with tert-alkyl or cyclic N) is 1. The Bertz CT molecular complexity index is 543. The Morgan fingerprint density at radius 1 is 1.50 bits per heavy atom. The number of carbonyl (C=O) groups is 2. The third-order valence-corrected chi connectivity index (χ3v) is 4.56. The maximum absolute atomic E-state index is 11.8. The molecule has 0 aliphatic carbocycles. The summed E-state index contributed by atoms with van der Waals surface area (Å²) >= 11 is 1.13. The fraction of sp³-hybridized carbons (Fsp3) is 0.500. The highest BCUT2D eigenvalue weighted by Gasteiger charge is 2.29. The van der Waals surface area contributed by atoms with Gasteiger partial charge in [-0.15, -0.1) is 11.3 Å². The number of nitrogens with zero attached hydrogens (tertiary/aromatic N) is 1. The SMILES string of the molecule is CNC(=O)c1sc(N2CCCC(O)C2)c(C(N)=O)c1N. The second-order valence-corrected chi connectivity index (χ2v) is 5.71. The molecule has 20 heavy (non-hydrogen) atoms. The van der Waals surface area contributed by atoms with E-state index in [4.69, 9.17) is 11.5 Å². The molecule has 2 amide bonds. The van der Waals surface area contributed by atoms with Crippen molar-refractivity contribution in [2.45, 2.75) is 18.9 Å². The first-order chi connectivity index (χ1) is 9.45. The number of aliphatic hydroxyl groups is 1. The third-order valence-electron chi connectivity index (χ3n) is 3.29. The predicted octanol–water partition coefficient (Wildman–Crippen LogP) is -0.250. The van der Waals surface area contributed by atoms with Gasteiger partial charge in [-0.2, -0.15) is 0 Å². The van der Waals surface area contributed by atoms with Crippen LogP contribution in [0, 0.1) is 0 Å². The van der Waals surface area contributed by atoms with Gasteiger partial charge in [0.05, 0.1) is 17.4 Å². The smallest absolute Gasteiger partial charge is 0.263 e. The molecule has 0 aromatic carbocycles. The number of piperidine rings is 1. The van der Waals surface area contributed by atoms with E-state index in [1.165, 1.54) is 7.05 Å². The van der Waals surface area contributed by atoms with E-state index in [1.807, 2.05) is 4.90 Å². The lowest BCUT2D eigenvalue weighted by Gasteiger charge is -2.31. The van der Waals surface area contributed by atoms with Crippen LogP contribution in [0.1, 0.15) is 32.9 Å². The minimum atomic E-state index is -0.663. The number of rotatable bonds is 3. The average molecular weight is 298 g/mol. The van der Waals surface area contributed by atoms with E-state index >= 15 is 0 Å². The van der Waals surface area contributed by atoms with Crippen molar-refractivity contribution >= 4 is 33.8 Å². The minimum absolute atomic E-state index is 0.108. The minimum Gasteiger partial charge on any atom is -0.397 e. The third kappa shape index (κ3) is 2.56. The Hall–Kier alpha value is -1.80. The van der Waals surface area contributed by atoms with Gasteiger partial charge in [0.15, 0.2) is 0 Å². The zero-order valence-corrected chi connectivity index (χ0v) is 12.0. The van der Waals surface area contributed by atoms with Crippen molar-refractivity contribution in [3.63, 3.8) is 0 Å². The molecular weight excluding hydrogens is 280 g/mol. The first-order valence-corrected chi connectivity index (χ1v) is 7.14. The Balaban J connectivity index is 2.45. The molecule has 0 radical (unpaired) electrons. The van der Waals surface area contributed by atoms with Gasteiger partial charge in [0.25, 0.3) is 11.8 Å². The molecule has 1 aromatic heterocycles. The van der Waals surface area contributed by atoms with E-state index < -0.39 is 12.0 Å². The van der Waals surface area contributed by atoms with Crippen molar-refractivity contribution in [2.24, 2.45) is 5.73 Å². The van der Waals surface area contributed by atoms with Gasteiger partial charge in [0.1, 0.15) is 9.88 Å². The van der Waals surface area contributed by atoms with Gasteiger partial charge in [-0.25, -0.2) is 0 Å². The number of nitrogens with two attached hydrogens (primary N) is 2. The van der Waals surface area contributed by atoms with Crippen LogP contribution in [-0.2, 0) is 0 Å². The zero-order chi connectivity index (χ0) is 14.9. The summed E-state index contributed by atoms with van der Waals surface area (Å²) in [5.41, 5.74) is 11.5. The molecule has 0 spiro atoms. The molecule has 1 aromatic rings. The highest BCUT2D eigenvalue weighted by molar-refractivity contribution is 7.19. The maximum Gasteiger partial charge on any atom is 0.263 e. The predicted molar refractivity (Wildman–Crippen MR) is 78.1 cm³/mol. The fourth-order valence-electron chi connectivity index (χ4n) is 2.31. The van der Waals surface area contributed by atoms with Crippen LogP contribution in [0.5, 0.6) is 0 Å². The topological polar surface area (TPSA) is 122 Å². The molecule has 1 atom stereocenters. The summed E-state index contributed by atoms with van der Waals surface area (Å²) in [6, 6.07) is 0. The number of thiophene rings is 1. The van der Waals surface area contributed by atoms with E-state index in [1.54, 1.807) is 0 Å². The van der Waals surface area contributed by atoms with Crippen molar-refractivity contribution in [3.8, 4) is 0 Å². The lowest BCUT2D eigenvalue weighted by molar-refractivity contribution is 0.0967. The Morgan fingerprint density at radius 2 is 2.20 bits per heavy atom. The Morgan fingerprint density at radius 3 is 2.75 bits per heavy atom. The summed E-state index contributed by atoms with van der Waals surface area (Å²) in [4.78, 5) is 25.5. The molecular formula is C12H18N4O3S. The van der Waals surface area contributed by atoms with Crippen LogP contribution < -0.4 is 21.7 Å². The molecule has 110 valence electrons. The Kier molecular flexibility index (Phi) is 4.15. The monoisotopic (exact) mass is 298 g/mol. The molecule has 8 heteroatoms. The molecule has 0 bridgehead atoms. The average Bonchev–Trinajstić information content (AvgIpc) is 2.75. The van der Waals surface area contributed by atoms with Gasteiger partial charge in [-0.3, -0.25) is 9.59 Å².